The van der Waals surface area contributed by atoms with Gasteiger partial charge < -0.3 is 9.84 Å². The number of benzene rings is 1. The smallest absolute Gasteiger partial charge is 0.0849 e. The summed E-state index contributed by atoms with van der Waals surface area (Å²) in [6.07, 6.45) is 0.915. The second kappa shape index (κ2) is 3.32. The zero-order valence-corrected chi connectivity index (χ0v) is 8.89. The minimum atomic E-state index is -0.336. The third-order valence-corrected chi connectivity index (χ3v) is 3.88. The lowest BCUT2D eigenvalue weighted by atomic mass is 9.73. The minimum Gasteiger partial charge on any atom is -0.388 e. The number of ether oxygens (including phenoxy) is 1. The Kier molecular flexibility index (Phi) is 2.08. The van der Waals surface area contributed by atoms with Gasteiger partial charge in [0.1, 0.15) is 0 Å². The maximum Gasteiger partial charge on any atom is 0.0849 e. The van der Waals surface area contributed by atoms with Crippen LogP contribution >= 0.6 is 0 Å². The van der Waals surface area contributed by atoms with E-state index < -0.39 is 0 Å². The van der Waals surface area contributed by atoms with Gasteiger partial charge in [0.15, 0.2) is 0 Å². The molecule has 4 atom stereocenters. The molecule has 1 unspecified atom stereocenters. The summed E-state index contributed by atoms with van der Waals surface area (Å²) in [5.74, 6) is 0.796. The summed E-state index contributed by atoms with van der Waals surface area (Å²) in [5.41, 5.74) is 2.40. The Morgan fingerprint density at radius 3 is 3.00 bits per heavy atom. The highest BCUT2D eigenvalue weighted by molar-refractivity contribution is 5.33. The van der Waals surface area contributed by atoms with Crippen molar-refractivity contribution < 1.29 is 9.84 Å². The lowest BCUT2D eigenvalue weighted by Crippen LogP contribution is -2.31. The second-order valence-electron chi connectivity index (χ2n) is 4.72. The number of rotatable bonds is 0. The average Bonchev–Trinajstić information content (AvgIpc) is 2.61. The monoisotopic (exact) mass is 204 g/mol. The SMILES string of the molecule is C[C@H]1OC[C@@H]2Cc3ccccc3C(O)[C@@H]21. The molecule has 1 heterocycles. The van der Waals surface area contributed by atoms with Crippen LogP contribution in [0.2, 0.25) is 0 Å². The molecule has 2 nitrogen and oxygen atoms in total. The number of aliphatic hydroxyl groups excluding tert-OH is 1. The van der Waals surface area contributed by atoms with Gasteiger partial charge in [0.2, 0.25) is 0 Å². The maximum absolute atomic E-state index is 10.3. The maximum atomic E-state index is 10.3. The molecule has 2 aliphatic rings. The molecular weight excluding hydrogens is 188 g/mol. The van der Waals surface area contributed by atoms with Gasteiger partial charge in [-0.2, -0.15) is 0 Å². The van der Waals surface area contributed by atoms with Gasteiger partial charge in [0.05, 0.1) is 18.8 Å². The van der Waals surface area contributed by atoms with E-state index in [-0.39, 0.29) is 12.2 Å². The molecule has 0 saturated carbocycles. The summed E-state index contributed by atoms with van der Waals surface area (Å²) in [4.78, 5) is 0. The van der Waals surface area contributed by atoms with Crippen LogP contribution in [-0.2, 0) is 11.2 Å². The first-order valence-corrected chi connectivity index (χ1v) is 5.65. The summed E-state index contributed by atoms with van der Waals surface area (Å²) in [6.45, 7) is 2.87. The predicted octanol–water partition coefficient (Wildman–Crippen LogP) is 1.93. The molecule has 0 spiro atoms. The highest BCUT2D eigenvalue weighted by atomic mass is 16.5. The van der Waals surface area contributed by atoms with E-state index in [0.717, 1.165) is 18.6 Å². The van der Waals surface area contributed by atoms with Crippen molar-refractivity contribution in [1.29, 1.82) is 0 Å². The van der Waals surface area contributed by atoms with Crippen molar-refractivity contribution in [3.63, 3.8) is 0 Å². The van der Waals surface area contributed by atoms with Gasteiger partial charge in [-0.05, 0) is 30.4 Å². The summed E-state index contributed by atoms with van der Waals surface area (Å²) >= 11 is 0. The first-order valence-electron chi connectivity index (χ1n) is 5.65. The second-order valence-corrected chi connectivity index (χ2v) is 4.72. The Bertz CT molecular complexity index is 375. The highest BCUT2D eigenvalue weighted by Gasteiger charge is 2.43. The quantitative estimate of drug-likeness (QED) is 0.699. The van der Waals surface area contributed by atoms with Crippen molar-refractivity contribution in [2.24, 2.45) is 11.8 Å². The molecule has 1 aromatic rings. The lowest BCUT2D eigenvalue weighted by Gasteiger charge is -2.33. The summed E-state index contributed by atoms with van der Waals surface area (Å²) in [5, 5.41) is 10.3. The van der Waals surface area contributed by atoms with Crippen LogP contribution in [0.3, 0.4) is 0 Å². The summed E-state index contributed by atoms with van der Waals surface area (Å²) in [7, 11) is 0. The lowest BCUT2D eigenvalue weighted by molar-refractivity contribution is 0.0336. The zero-order chi connectivity index (χ0) is 10.4. The Morgan fingerprint density at radius 2 is 2.13 bits per heavy atom. The summed E-state index contributed by atoms with van der Waals surface area (Å²) < 4.78 is 5.64. The first-order chi connectivity index (χ1) is 7.27. The molecule has 15 heavy (non-hydrogen) atoms. The molecule has 2 heteroatoms. The van der Waals surface area contributed by atoms with Crippen molar-refractivity contribution in [1.82, 2.24) is 0 Å². The Morgan fingerprint density at radius 1 is 1.33 bits per heavy atom. The molecule has 1 saturated heterocycles. The molecule has 0 aromatic heterocycles. The van der Waals surface area contributed by atoms with E-state index in [9.17, 15) is 5.11 Å². The zero-order valence-electron chi connectivity index (χ0n) is 8.89. The van der Waals surface area contributed by atoms with Gasteiger partial charge in [-0.15, -0.1) is 0 Å². The molecule has 1 aliphatic carbocycles. The third kappa shape index (κ3) is 1.32. The molecule has 3 rings (SSSR count). The van der Waals surface area contributed by atoms with E-state index in [2.05, 4.69) is 13.0 Å². The van der Waals surface area contributed by atoms with Crippen LogP contribution in [-0.4, -0.2) is 17.8 Å². The van der Waals surface area contributed by atoms with Crippen LogP contribution in [0.25, 0.3) is 0 Å². The molecule has 0 radical (unpaired) electrons. The van der Waals surface area contributed by atoms with Crippen LogP contribution in [0.4, 0.5) is 0 Å². The highest BCUT2D eigenvalue weighted by Crippen LogP contribution is 2.44. The van der Waals surface area contributed by atoms with Crippen LogP contribution in [0, 0.1) is 11.8 Å². The Hall–Kier alpha value is -0.860. The van der Waals surface area contributed by atoms with Gasteiger partial charge in [0.25, 0.3) is 0 Å². The molecular formula is C13H16O2. The van der Waals surface area contributed by atoms with Crippen molar-refractivity contribution >= 4 is 0 Å². The predicted molar refractivity (Wildman–Crippen MR) is 57.5 cm³/mol. The topological polar surface area (TPSA) is 29.5 Å². The van der Waals surface area contributed by atoms with Crippen molar-refractivity contribution in [2.75, 3.05) is 6.61 Å². The van der Waals surface area contributed by atoms with Crippen molar-refractivity contribution in [3.05, 3.63) is 35.4 Å². The fourth-order valence-corrected chi connectivity index (χ4v) is 3.09. The Labute approximate surface area is 89.9 Å². The number of fused-ring (bicyclic) bond motifs is 2. The van der Waals surface area contributed by atoms with Crippen LogP contribution < -0.4 is 0 Å². The van der Waals surface area contributed by atoms with E-state index in [0.29, 0.717) is 11.8 Å². The van der Waals surface area contributed by atoms with Gasteiger partial charge in [-0.1, -0.05) is 24.3 Å². The number of hydrogen-bond acceptors (Lipinski definition) is 2. The molecule has 0 amide bonds. The minimum absolute atomic E-state index is 0.193. The normalized spacial score (nSPS) is 38.5. The van der Waals surface area contributed by atoms with Gasteiger partial charge in [-0.25, -0.2) is 0 Å². The van der Waals surface area contributed by atoms with Gasteiger partial charge >= 0.3 is 0 Å². The van der Waals surface area contributed by atoms with Crippen molar-refractivity contribution in [3.8, 4) is 0 Å². The van der Waals surface area contributed by atoms with E-state index in [1.807, 2.05) is 18.2 Å². The van der Waals surface area contributed by atoms with E-state index in [4.69, 9.17) is 4.74 Å². The van der Waals surface area contributed by atoms with Crippen LogP contribution in [0.15, 0.2) is 24.3 Å². The van der Waals surface area contributed by atoms with E-state index >= 15 is 0 Å². The summed E-state index contributed by atoms with van der Waals surface area (Å²) in [6, 6.07) is 8.22. The largest absolute Gasteiger partial charge is 0.388 e. The molecule has 1 fully saturated rings. The van der Waals surface area contributed by atoms with E-state index in [1.165, 1.54) is 5.56 Å². The molecule has 1 N–H and O–H groups in total. The van der Waals surface area contributed by atoms with E-state index in [1.54, 1.807) is 0 Å². The van der Waals surface area contributed by atoms with Gasteiger partial charge in [-0.3, -0.25) is 0 Å². The fourth-order valence-electron chi connectivity index (χ4n) is 3.09. The van der Waals surface area contributed by atoms with Crippen molar-refractivity contribution in [2.45, 2.75) is 25.6 Å². The standard InChI is InChI=1S/C13H16O2/c1-8-12-10(7-15-8)6-9-4-2-3-5-11(9)13(12)14/h2-5,8,10,12-14H,6-7H2,1H3/t8-,10+,12-,13?/m1/s1. The molecule has 1 aliphatic heterocycles. The van der Waals surface area contributed by atoms with Crippen LogP contribution in [0.5, 0.6) is 0 Å². The number of aliphatic hydroxyl groups is 1. The first kappa shape index (κ1) is 9.37. The molecule has 1 aromatic carbocycles. The average molecular weight is 204 g/mol. The fraction of sp³-hybridized carbons (Fsp3) is 0.538. The third-order valence-electron chi connectivity index (χ3n) is 3.88. The van der Waals surface area contributed by atoms with Crippen LogP contribution in [0.1, 0.15) is 24.2 Å². The Balaban J connectivity index is 2.03. The molecule has 0 bridgehead atoms. The number of hydrogen-bond donors (Lipinski definition) is 1. The molecule has 80 valence electrons. The van der Waals surface area contributed by atoms with Gasteiger partial charge in [0, 0.05) is 5.92 Å².